The highest BCUT2D eigenvalue weighted by atomic mass is 32.1. The van der Waals surface area contributed by atoms with Crippen LogP contribution in [0.2, 0.25) is 0 Å². The topological polar surface area (TPSA) is 58.4 Å². The van der Waals surface area contributed by atoms with Gasteiger partial charge < -0.3 is 16.0 Å². The van der Waals surface area contributed by atoms with Gasteiger partial charge in [0.05, 0.1) is 6.54 Å². The molecule has 0 atom stereocenters. The fraction of sp³-hybridized carbons (Fsp3) is 0.429. The van der Waals surface area contributed by atoms with E-state index in [1.807, 2.05) is 25.1 Å². The maximum atomic E-state index is 11.5. The predicted molar refractivity (Wildman–Crippen MR) is 83.6 cm³/mol. The number of carbonyl (C=O) groups excluding carboxylic acids is 1. The van der Waals surface area contributed by atoms with E-state index in [1.54, 1.807) is 7.05 Å². The molecule has 0 aliphatic rings. The molecule has 0 fully saturated rings. The molecule has 0 saturated heterocycles. The van der Waals surface area contributed by atoms with Gasteiger partial charge in [-0.3, -0.25) is 4.79 Å². The van der Waals surface area contributed by atoms with Crippen molar-refractivity contribution in [2.24, 2.45) is 5.73 Å². The second-order valence-electron chi connectivity index (χ2n) is 4.46. The molecule has 104 valence electrons. The zero-order valence-electron chi connectivity index (χ0n) is 11.7. The first kappa shape index (κ1) is 15.4. The SMILES string of the molecule is CCCN(CC(=O)NC)c1ccc(C(N)=S)c(C)c1. The summed E-state index contributed by atoms with van der Waals surface area (Å²) in [7, 11) is 1.65. The Kier molecular flexibility index (Phi) is 5.76. The summed E-state index contributed by atoms with van der Waals surface area (Å²) >= 11 is 5.00. The van der Waals surface area contributed by atoms with Gasteiger partial charge in [0.2, 0.25) is 5.91 Å². The normalized spacial score (nSPS) is 10.1. The molecule has 0 aliphatic heterocycles. The Hall–Kier alpha value is -1.62. The summed E-state index contributed by atoms with van der Waals surface area (Å²) in [6.07, 6.45) is 0.979. The van der Waals surface area contributed by atoms with Crippen LogP contribution in [0.4, 0.5) is 5.69 Å². The first-order valence-electron chi connectivity index (χ1n) is 6.35. The number of hydrogen-bond acceptors (Lipinski definition) is 3. The van der Waals surface area contributed by atoms with Crippen LogP contribution >= 0.6 is 12.2 Å². The van der Waals surface area contributed by atoms with E-state index in [2.05, 4.69) is 17.1 Å². The maximum absolute atomic E-state index is 11.5. The average Bonchev–Trinajstić information content (AvgIpc) is 2.37. The highest BCUT2D eigenvalue weighted by molar-refractivity contribution is 7.80. The molecular weight excluding hydrogens is 258 g/mol. The lowest BCUT2D eigenvalue weighted by Gasteiger charge is -2.24. The minimum absolute atomic E-state index is 0.00419. The van der Waals surface area contributed by atoms with Crippen molar-refractivity contribution in [2.75, 3.05) is 25.0 Å². The van der Waals surface area contributed by atoms with E-state index in [0.717, 1.165) is 29.8 Å². The lowest BCUT2D eigenvalue weighted by molar-refractivity contribution is -0.119. The number of nitrogens with two attached hydrogens (primary N) is 1. The summed E-state index contributed by atoms with van der Waals surface area (Å²) < 4.78 is 0. The van der Waals surface area contributed by atoms with E-state index < -0.39 is 0 Å². The standard InChI is InChI=1S/C14H21N3OS/c1-4-7-17(9-13(18)16-3)11-5-6-12(14(15)19)10(2)8-11/h5-6,8H,4,7,9H2,1-3H3,(H2,15,19)(H,16,18). The van der Waals surface area contributed by atoms with Crippen LogP contribution in [0.3, 0.4) is 0 Å². The van der Waals surface area contributed by atoms with Crippen LogP contribution in [0.1, 0.15) is 24.5 Å². The van der Waals surface area contributed by atoms with Gasteiger partial charge in [0.1, 0.15) is 4.99 Å². The van der Waals surface area contributed by atoms with Crippen LogP contribution in [0.5, 0.6) is 0 Å². The Morgan fingerprint density at radius 1 is 1.47 bits per heavy atom. The van der Waals surface area contributed by atoms with E-state index in [4.69, 9.17) is 18.0 Å². The van der Waals surface area contributed by atoms with Crippen molar-refractivity contribution in [1.29, 1.82) is 0 Å². The molecule has 0 radical (unpaired) electrons. The van der Waals surface area contributed by atoms with Gasteiger partial charge in [-0.2, -0.15) is 0 Å². The summed E-state index contributed by atoms with van der Waals surface area (Å²) in [4.78, 5) is 14.0. The monoisotopic (exact) mass is 279 g/mol. The van der Waals surface area contributed by atoms with Crippen molar-refractivity contribution < 1.29 is 4.79 Å². The molecular formula is C14H21N3OS. The summed E-state index contributed by atoms with van der Waals surface area (Å²) in [5, 5.41) is 2.65. The van der Waals surface area contributed by atoms with Crippen molar-refractivity contribution in [3.05, 3.63) is 29.3 Å². The molecule has 4 nitrogen and oxygen atoms in total. The van der Waals surface area contributed by atoms with Crippen molar-refractivity contribution in [3.8, 4) is 0 Å². The number of likely N-dealkylation sites (N-methyl/N-ethyl adjacent to an activating group) is 1. The van der Waals surface area contributed by atoms with Gasteiger partial charge in [0, 0.05) is 24.8 Å². The molecule has 0 bridgehead atoms. The first-order chi connectivity index (χ1) is 8.99. The zero-order valence-corrected chi connectivity index (χ0v) is 12.5. The number of nitrogens with one attached hydrogen (secondary N) is 1. The van der Waals surface area contributed by atoms with E-state index in [-0.39, 0.29) is 5.91 Å². The smallest absolute Gasteiger partial charge is 0.239 e. The third-order valence-electron chi connectivity index (χ3n) is 2.95. The molecule has 0 unspecified atom stereocenters. The van der Waals surface area contributed by atoms with Gasteiger partial charge in [0.15, 0.2) is 0 Å². The number of benzene rings is 1. The van der Waals surface area contributed by atoms with Crippen molar-refractivity contribution >= 4 is 28.8 Å². The second kappa shape index (κ2) is 7.09. The number of thiocarbonyl (C=S) groups is 1. The van der Waals surface area contributed by atoms with Gasteiger partial charge in [-0.25, -0.2) is 0 Å². The minimum atomic E-state index is 0.00419. The Balaban J connectivity index is 2.99. The molecule has 3 N–H and O–H groups in total. The zero-order chi connectivity index (χ0) is 14.4. The third kappa shape index (κ3) is 4.21. The number of amides is 1. The number of aryl methyl sites for hydroxylation is 1. The molecule has 0 aromatic heterocycles. The van der Waals surface area contributed by atoms with E-state index in [0.29, 0.717) is 11.5 Å². The maximum Gasteiger partial charge on any atom is 0.239 e. The largest absolute Gasteiger partial charge is 0.389 e. The number of rotatable bonds is 6. The van der Waals surface area contributed by atoms with Gasteiger partial charge in [0.25, 0.3) is 0 Å². The van der Waals surface area contributed by atoms with Crippen LogP contribution in [0, 0.1) is 6.92 Å². The van der Waals surface area contributed by atoms with Gasteiger partial charge in [-0.05, 0) is 37.1 Å². The van der Waals surface area contributed by atoms with E-state index in [9.17, 15) is 4.79 Å². The lowest BCUT2D eigenvalue weighted by atomic mass is 10.1. The molecule has 0 saturated carbocycles. The van der Waals surface area contributed by atoms with Crippen molar-refractivity contribution in [2.45, 2.75) is 20.3 Å². The first-order valence-corrected chi connectivity index (χ1v) is 6.76. The number of hydrogen-bond donors (Lipinski definition) is 2. The molecule has 0 heterocycles. The van der Waals surface area contributed by atoms with Gasteiger partial charge in [-0.1, -0.05) is 19.1 Å². The van der Waals surface area contributed by atoms with Gasteiger partial charge >= 0.3 is 0 Å². The van der Waals surface area contributed by atoms with Crippen molar-refractivity contribution in [1.82, 2.24) is 5.32 Å². The Labute approximate surface area is 120 Å². The molecule has 0 spiro atoms. The third-order valence-corrected chi connectivity index (χ3v) is 3.17. The minimum Gasteiger partial charge on any atom is -0.389 e. The van der Waals surface area contributed by atoms with E-state index in [1.165, 1.54) is 0 Å². The second-order valence-corrected chi connectivity index (χ2v) is 4.90. The predicted octanol–water partition coefficient (Wildman–Crippen LogP) is 1.59. The van der Waals surface area contributed by atoms with E-state index >= 15 is 0 Å². The molecule has 19 heavy (non-hydrogen) atoms. The number of carbonyl (C=O) groups is 1. The number of anilines is 1. The highest BCUT2D eigenvalue weighted by Crippen LogP contribution is 2.19. The molecule has 5 heteroatoms. The average molecular weight is 279 g/mol. The highest BCUT2D eigenvalue weighted by Gasteiger charge is 2.11. The number of nitrogens with zero attached hydrogens (tertiary/aromatic N) is 1. The summed E-state index contributed by atoms with van der Waals surface area (Å²) in [5.74, 6) is 0.00419. The molecule has 1 rings (SSSR count). The fourth-order valence-corrected chi connectivity index (χ4v) is 2.17. The molecule has 1 aromatic carbocycles. The Bertz CT molecular complexity index is 474. The van der Waals surface area contributed by atoms with Gasteiger partial charge in [-0.15, -0.1) is 0 Å². The quantitative estimate of drug-likeness (QED) is 0.777. The Morgan fingerprint density at radius 3 is 2.63 bits per heavy atom. The fourth-order valence-electron chi connectivity index (χ4n) is 1.94. The summed E-state index contributed by atoms with van der Waals surface area (Å²) in [6.45, 7) is 5.25. The van der Waals surface area contributed by atoms with Crippen LogP contribution in [-0.2, 0) is 4.79 Å². The summed E-state index contributed by atoms with van der Waals surface area (Å²) in [5.41, 5.74) is 8.59. The van der Waals surface area contributed by atoms with Crippen LogP contribution < -0.4 is 16.0 Å². The Morgan fingerprint density at radius 2 is 2.16 bits per heavy atom. The molecule has 1 aromatic rings. The van der Waals surface area contributed by atoms with Crippen molar-refractivity contribution in [3.63, 3.8) is 0 Å². The van der Waals surface area contributed by atoms with Crippen LogP contribution in [0.25, 0.3) is 0 Å². The summed E-state index contributed by atoms with van der Waals surface area (Å²) in [6, 6.07) is 5.90. The lowest BCUT2D eigenvalue weighted by Crippen LogP contribution is -2.36. The van der Waals surface area contributed by atoms with Crippen LogP contribution in [-0.4, -0.2) is 31.0 Å². The molecule has 1 amide bonds. The van der Waals surface area contributed by atoms with Crippen LogP contribution in [0.15, 0.2) is 18.2 Å². The molecule has 0 aliphatic carbocycles.